The highest BCUT2D eigenvalue weighted by Gasteiger charge is 2.48. The largest absolute Gasteiger partial charge is 0.481 e. The molecule has 3 rings (SSSR count). The zero-order valence-corrected chi connectivity index (χ0v) is 14.2. The Morgan fingerprint density at radius 1 is 1.22 bits per heavy atom. The van der Waals surface area contributed by atoms with E-state index in [0.29, 0.717) is 24.4 Å². The summed E-state index contributed by atoms with van der Waals surface area (Å²) in [6.45, 7) is 0. The number of nitrogens with one attached hydrogen (secondary N) is 1. The molecule has 1 aliphatic rings. The van der Waals surface area contributed by atoms with Crippen LogP contribution in [0.3, 0.4) is 0 Å². The van der Waals surface area contributed by atoms with Crippen LogP contribution >= 0.6 is 11.6 Å². The number of carboxylic acid groups (broad SMARTS) is 1. The van der Waals surface area contributed by atoms with Crippen molar-refractivity contribution in [3.63, 3.8) is 0 Å². The molecule has 0 bridgehead atoms. The molecule has 0 aliphatic heterocycles. The molecule has 0 radical (unpaired) electrons. The predicted octanol–water partition coefficient (Wildman–Crippen LogP) is 4.21. The number of amides is 1. The first kappa shape index (κ1) is 19.0. The van der Waals surface area contributed by atoms with E-state index in [1.807, 2.05) is 0 Å². The van der Waals surface area contributed by atoms with Gasteiger partial charge in [0, 0.05) is 11.9 Å². The molecule has 0 spiro atoms. The number of anilines is 1. The molecule has 2 aromatic rings. The maximum atomic E-state index is 12.6. The summed E-state index contributed by atoms with van der Waals surface area (Å²) < 4.78 is 43.1. The molecule has 2 atom stereocenters. The number of carbonyl (C=O) groups is 2. The van der Waals surface area contributed by atoms with Crippen LogP contribution in [0.15, 0.2) is 36.5 Å². The van der Waals surface area contributed by atoms with E-state index in [9.17, 15) is 22.8 Å². The molecular weight excluding hydrogens is 389 g/mol. The van der Waals surface area contributed by atoms with Crippen LogP contribution in [-0.2, 0) is 15.8 Å². The first-order chi connectivity index (χ1) is 12.6. The third kappa shape index (κ3) is 4.48. The van der Waals surface area contributed by atoms with E-state index in [4.69, 9.17) is 21.4 Å². The van der Waals surface area contributed by atoms with Crippen LogP contribution in [0.2, 0.25) is 5.02 Å². The van der Waals surface area contributed by atoms with E-state index < -0.39 is 29.5 Å². The van der Waals surface area contributed by atoms with Gasteiger partial charge in [0.1, 0.15) is 10.8 Å². The summed E-state index contributed by atoms with van der Waals surface area (Å²) in [6, 6.07) is 6.65. The van der Waals surface area contributed by atoms with Crippen LogP contribution < -0.4 is 10.1 Å². The van der Waals surface area contributed by atoms with Crippen molar-refractivity contribution in [2.75, 3.05) is 5.32 Å². The first-order valence-electron chi connectivity index (χ1n) is 7.69. The second-order valence-electron chi connectivity index (χ2n) is 5.91. The van der Waals surface area contributed by atoms with Crippen molar-refractivity contribution in [2.24, 2.45) is 11.8 Å². The molecule has 6 nitrogen and oxygen atoms in total. The smallest absolute Gasteiger partial charge is 0.417 e. The number of pyridine rings is 1. The standard InChI is InChI=1S/C17H12ClF3N2O4/c18-13-5-8(17(19,20)21)7-22-15(13)27-10-3-1-9(2-4-10)23-14(24)11-6-12(11)16(25)26/h1-5,7,11-12H,6H2,(H,23,24)(H,25,26)/t11-,12+/m0/s1. The van der Waals surface area contributed by atoms with Gasteiger partial charge in [-0.1, -0.05) is 11.6 Å². The highest BCUT2D eigenvalue weighted by Crippen LogP contribution is 2.39. The van der Waals surface area contributed by atoms with Gasteiger partial charge in [0.2, 0.25) is 11.8 Å². The second-order valence-corrected chi connectivity index (χ2v) is 6.32. The number of benzene rings is 1. The fourth-order valence-electron chi connectivity index (χ4n) is 2.37. The van der Waals surface area contributed by atoms with Crippen LogP contribution in [0.25, 0.3) is 0 Å². The van der Waals surface area contributed by atoms with Gasteiger partial charge in [-0.15, -0.1) is 0 Å². The van der Waals surface area contributed by atoms with Crippen molar-refractivity contribution in [2.45, 2.75) is 12.6 Å². The Morgan fingerprint density at radius 2 is 1.89 bits per heavy atom. The minimum atomic E-state index is -4.56. The van der Waals surface area contributed by atoms with E-state index in [1.165, 1.54) is 24.3 Å². The molecule has 1 heterocycles. The Labute approximate surface area is 155 Å². The quantitative estimate of drug-likeness (QED) is 0.785. The third-order valence-electron chi connectivity index (χ3n) is 3.92. The van der Waals surface area contributed by atoms with Crippen molar-refractivity contribution in [1.29, 1.82) is 0 Å². The van der Waals surface area contributed by atoms with Crippen LogP contribution in [0.4, 0.5) is 18.9 Å². The summed E-state index contributed by atoms with van der Waals surface area (Å²) in [5.74, 6) is -2.53. The van der Waals surface area contributed by atoms with Gasteiger partial charge in [-0.2, -0.15) is 13.2 Å². The van der Waals surface area contributed by atoms with Crippen molar-refractivity contribution < 1.29 is 32.6 Å². The summed E-state index contributed by atoms with van der Waals surface area (Å²) >= 11 is 5.77. The normalized spacial score (nSPS) is 18.7. The number of carbonyl (C=O) groups excluding carboxylic acids is 1. The van der Waals surface area contributed by atoms with E-state index in [0.717, 1.165) is 0 Å². The highest BCUT2D eigenvalue weighted by atomic mass is 35.5. The van der Waals surface area contributed by atoms with E-state index in [1.54, 1.807) is 0 Å². The van der Waals surface area contributed by atoms with Crippen molar-refractivity contribution in [3.8, 4) is 11.6 Å². The number of nitrogens with zero attached hydrogens (tertiary/aromatic N) is 1. The van der Waals surface area contributed by atoms with Crippen molar-refractivity contribution in [1.82, 2.24) is 4.98 Å². The molecule has 1 saturated carbocycles. The van der Waals surface area contributed by atoms with Crippen LogP contribution in [-0.4, -0.2) is 22.0 Å². The number of hydrogen-bond donors (Lipinski definition) is 2. The van der Waals surface area contributed by atoms with Gasteiger partial charge < -0.3 is 15.2 Å². The molecule has 10 heteroatoms. The number of halogens is 4. The second kappa shape index (κ2) is 7.07. The SMILES string of the molecule is O=C(Nc1ccc(Oc2ncc(C(F)(F)F)cc2Cl)cc1)[C@H]1C[C@H]1C(=O)O. The molecule has 1 amide bonds. The van der Waals surface area contributed by atoms with E-state index in [-0.39, 0.29) is 22.6 Å². The number of ether oxygens (including phenoxy) is 1. The summed E-state index contributed by atoms with van der Waals surface area (Å²) in [5, 5.41) is 11.1. The van der Waals surface area contributed by atoms with Gasteiger partial charge in [-0.05, 0) is 36.8 Å². The summed E-state index contributed by atoms with van der Waals surface area (Å²) in [6.07, 6.45) is -3.64. The van der Waals surface area contributed by atoms with E-state index >= 15 is 0 Å². The van der Waals surface area contributed by atoms with Gasteiger partial charge >= 0.3 is 12.1 Å². The van der Waals surface area contributed by atoms with Gasteiger partial charge in [-0.3, -0.25) is 9.59 Å². The maximum Gasteiger partial charge on any atom is 0.417 e. The number of hydrogen-bond acceptors (Lipinski definition) is 4. The van der Waals surface area contributed by atoms with E-state index in [2.05, 4.69) is 10.3 Å². The average molecular weight is 401 g/mol. The summed E-state index contributed by atoms with van der Waals surface area (Å²) in [7, 11) is 0. The number of aromatic nitrogens is 1. The number of rotatable bonds is 5. The Hall–Kier alpha value is -2.81. The number of carboxylic acids is 1. The topological polar surface area (TPSA) is 88.5 Å². The van der Waals surface area contributed by atoms with Gasteiger partial charge in [-0.25, -0.2) is 4.98 Å². The van der Waals surface area contributed by atoms with Crippen LogP contribution in [0, 0.1) is 11.8 Å². The van der Waals surface area contributed by atoms with Gasteiger partial charge in [0.25, 0.3) is 0 Å². The lowest BCUT2D eigenvalue weighted by molar-refractivity contribution is -0.140. The third-order valence-corrected chi connectivity index (χ3v) is 4.19. The van der Waals surface area contributed by atoms with Crippen molar-refractivity contribution >= 4 is 29.2 Å². The minimum Gasteiger partial charge on any atom is -0.481 e. The molecule has 1 aliphatic carbocycles. The highest BCUT2D eigenvalue weighted by molar-refractivity contribution is 6.31. The molecule has 27 heavy (non-hydrogen) atoms. The lowest BCUT2D eigenvalue weighted by atomic mass is 10.2. The lowest BCUT2D eigenvalue weighted by Gasteiger charge is -2.10. The molecule has 2 N–H and O–H groups in total. The zero-order valence-electron chi connectivity index (χ0n) is 13.5. The monoisotopic (exact) mass is 400 g/mol. The minimum absolute atomic E-state index is 0.191. The van der Waals surface area contributed by atoms with Crippen LogP contribution in [0.5, 0.6) is 11.6 Å². The first-order valence-corrected chi connectivity index (χ1v) is 8.07. The molecule has 142 valence electrons. The van der Waals surface area contributed by atoms with Crippen molar-refractivity contribution in [3.05, 3.63) is 47.1 Å². The van der Waals surface area contributed by atoms with Crippen LogP contribution in [0.1, 0.15) is 12.0 Å². The molecule has 0 unspecified atom stereocenters. The molecule has 1 aromatic heterocycles. The Kier molecular flexibility index (Phi) is 4.97. The Morgan fingerprint density at radius 3 is 2.41 bits per heavy atom. The van der Waals surface area contributed by atoms with Gasteiger partial charge in [0.15, 0.2) is 0 Å². The fraction of sp³-hybridized carbons (Fsp3) is 0.235. The van der Waals surface area contributed by atoms with Gasteiger partial charge in [0.05, 0.1) is 17.4 Å². The Balaban J connectivity index is 1.63. The average Bonchev–Trinajstić information content (AvgIpc) is 3.38. The molecular formula is C17H12ClF3N2O4. The molecule has 0 saturated heterocycles. The molecule has 1 fully saturated rings. The molecule has 1 aromatic carbocycles. The Bertz CT molecular complexity index is 887. The predicted molar refractivity (Wildman–Crippen MR) is 88.6 cm³/mol. The maximum absolute atomic E-state index is 12.6. The summed E-state index contributed by atoms with van der Waals surface area (Å²) in [5.41, 5.74) is -0.562. The lowest BCUT2D eigenvalue weighted by Crippen LogP contribution is -2.16. The number of aliphatic carboxylic acids is 1. The zero-order chi connectivity index (χ0) is 19.8. The summed E-state index contributed by atoms with van der Waals surface area (Å²) in [4.78, 5) is 26.2. The fourth-order valence-corrected chi connectivity index (χ4v) is 2.57. The number of alkyl halides is 3.